The van der Waals surface area contributed by atoms with Crippen molar-refractivity contribution in [1.29, 1.82) is 0 Å². The molecule has 1 aliphatic carbocycles. The Morgan fingerprint density at radius 3 is 2.80 bits per heavy atom. The normalized spacial score (nSPS) is 21.4. The SMILES string of the molecule is c1cn(CCCN2CCOCC2)c(NC2CCCC2)n1. The summed E-state index contributed by atoms with van der Waals surface area (Å²) in [5.41, 5.74) is 0. The van der Waals surface area contributed by atoms with Crippen molar-refractivity contribution in [2.24, 2.45) is 0 Å². The van der Waals surface area contributed by atoms with Gasteiger partial charge in [0.2, 0.25) is 5.95 Å². The van der Waals surface area contributed by atoms with Gasteiger partial charge >= 0.3 is 0 Å². The van der Waals surface area contributed by atoms with Crippen LogP contribution in [0.2, 0.25) is 0 Å². The third kappa shape index (κ3) is 3.73. The molecule has 1 N–H and O–H groups in total. The minimum Gasteiger partial charge on any atom is -0.379 e. The highest BCUT2D eigenvalue weighted by molar-refractivity contribution is 5.27. The number of aryl methyl sites for hydroxylation is 1. The standard InChI is InChI=1S/C15H26N4O/c1-2-5-14(4-1)17-15-16-6-9-19(15)8-3-7-18-10-12-20-13-11-18/h6,9,14H,1-5,7-8,10-13H2,(H,16,17). The maximum atomic E-state index is 5.38. The first-order valence-electron chi connectivity index (χ1n) is 7.99. The van der Waals surface area contributed by atoms with Gasteiger partial charge in [-0.15, -0.1) is 0 Å². The number of imidazole rings is 1. The van der Waals surface area contributed by atoms with Crippen LogP contribution in [-0.2, 0) is 11.3 Å². The van der Waals surface area contributed by atoms with Gasteiger partial charge in [0.25, 0.3) is 0 Å². The molecule has 0 unspecified atom stereocenters. The van der Waals surface area contributed by atoms with E-state index < -0.39 is 0 Å². The first-order chi connectivity index (χ1) is 9.92. The van der Waals surface area contributed by atoms with Crippen LogP contribution in [0, 0.1) is 0 Å². The molecule has 0 aromatic carbocycles. The van der Waals surface area contributed by atoms with Gasteiger partial charge in [-0.05, 0) is 19.3 Å². The van der Waals surface area contributed by atoms with E-state index in [2.05, 4.69) is 26.0 Å². The first kappa shape index (κ1) is 13.9. The molecule has 2 aliphatic rings. The number of rotatable bonds is 6. The second-order valence-electron chi connectivity index (χ2n) is 5.88. The van der Waals surface area contributed by atoms with Crippen molar-refractivity contribution in [2.45, 2.75) is 44.7 Å². The molecule has 0 radical (unpaired) electrons. The summed E-state index contributed by atoms with van der Waals surface area (Å²) in [6.07, 6.45) is 10.5. The van der Waals surface area contributed by atoms with Gasteiger partial charge in [0.15, 0.2) is 0 Å². The van der Waals surface area contributed by atoms with Crippen LogP contribution in [0.3, 0.4) is 0 Å². The van der Waals surface area contributed by atoms with Crippen LogP contribution < -0.4 is 5.32 Å². The summed E-state index contributed by atoms with van der Waals surface area (Å²) in [4.78, 5) is 6.95. The quantitative estimate of drug-likeness (QED) is 0.864. The van der Waals surface area contributed by atoms with Crippen molar-refractivity contribution in [3.63, 3.8) is 0 Å². The molecule has 112 valence electrons. The molecule has 1 saturated carbocycles. The maximum absolute atomic E-state index is 5.38. The summed E-state index contributed by atoms with van der Waals surface area (Å²) in [5.74, 6) is 1.05. The van der Waals surface area contributed by atoms with E-state index in [1.807, 2.05) is 6.20 Å². The molecular formula is C15H26N4O. The summed E-state index contributed by atoms with van der Waals surface area (Å²) < 4.78 is 7.64. The number of nitrogens with zero attached hydrogens (tertiary/aromatic N) is 3. The van der Waals surface area contributed by atoms with Crippen LogP contribution in [0.15, 0.2) is 12.4 Å². The van der Waals surface area contributed by atoms with E-state index in [1.165, 1.54) is 32.1 Å². The largest absolute Gasteiger partial charge is 0.379 e. The van der Waals surface area contributed by atoms with Crippen LogP contribution >= 0.6 is 0 Å². The number of aromatic nitrogens is 2. The Morgan fingerprint density at radius 2 is 2.00 bits per heavy atom. The maximum Gasteiger partial charge on any atom is 0.202 e. The Morgan fingerprint density at radius 1 is 1.20 bits per heavy atom. The highest BCUT2D eigenvalue weighted by Gasteiger charge is 2.16. The number of hydrogen-bond donors (Lipinski definition) is 1. The summed E-state index contributed by atoms with van der Waals surface area (Å²) in [7, 11) is 0. The smallest absolute Gasteiger partial charge is 0.202 e. The number of ether oxygens (including phenoxy) is 1. The Kier molecular flexibility index (Phi) is 4.92. The molecule has 0 bridgehead atoms. The zero-order valence-corrected chi connectivity index (χ0v) is 12.3. The molecule has 1 aliphatic heterocycles. The number of hydrogen-bond acceptors (Lipinski definition) is 4. The molecule has 0 atom stereocenters. The van der Waals surface area contributed by atoms with Gasteiger partial charge in [-0.2, -0.15) is 0 Å². The number of nitrogens with one attached hydrogen (secondary N) is 1. The number of morpholine rings is 1. The van der Waals surface area contributed by atoms with Crippen LogP contribution in [0.25, 0.3) is 0 Å². The van der Waals surface area contributed by atoms with E-state index in [9.17, 15) is 0 Å². The summed E-state index contributed by atoms with van der Waals surface area (Å²) in [6.45, 7) is 6.14. The molecule has 2 fully saturated rings. The van der Waals surface area contributed by atoms with E-state index in [4.69, 9.17) is 4.74 Å². The third-order valence-electron chi connectivity index (χ3n) is 4.38. The molecule has 2 heterocycles. The summed E-state index contributed by atoms with van der Waals surface area (Å²) in [5, 5.41) is 3.60. The van der Waals surface area contributed by atoms with Gasteiger partial charge in [0.1, 0.15) is 0 Å². The van der Waals surface area contributed by atoms with E-state index >= 15 is 0 Å². The van der Waals surface area contributed by atoms with Crippen molar-refractivity contribution in [3.05, 3.63) is 12.4 Å². The van der Waals surface area contributed by atoms with Gasteiger partial charge in [0.05, 0.1) is 13.2 Å². The summed E-state index contributed by atoms with van der Waals surface area (Å²) >= 11 is 0. The fourth-order valence-electron chi connectivity index (χ4n) is 3.17. The Balaban J connectivity index is 1.43. The molecular weight excluding hydrogens is 252 g/mol. The lowest BCUT2D eigenvalue weighted by atomic mass is 10.2. The molecule has 5 heteroatoms. The van der Waals surface area contributed by atoms with Crippen LogP contribution in [-0.4, -0.2) is 53.3 Å². The third-order valence-corrected chi connectivity index (χ3v) is 4.38. The molecule has 1 aromatic heterocycles. The first-order valence-corrected chi connectivity index (χ1v) is 7.99. The monoisotopic (exact) mass is 278 g/mol. The van der Waals surface area contributed by atoms with Crippen molar-refractivity contribution in [2.75, 3.05) is 38.2 Å². The Labute approximate surface area is 121 Å². The minimum atomic E-state index is 0.635. The van der Waals surface area contributed by atoms with E-state index in [0.29, 0.717) is 6.04 Å². The van der Waals surface area contributed by atoms with Crippen molar-refractivity contribution in [1.82, 2.24) is 14.5 Å². The highest BCUT2D eigenvalue weighted by Crippen LogP contribution is 2.21. The molecule has 1 aromatic rings. The van der Waals surface area contributed by atoms with E-state index in [-0.39, 0.29) is 0 Å². The van der Waals surface area contributed by atoms with Gasteiger partial charge in [-0.1, -0.05) is 12.8 Å². The fourth-order valence-corrected chi connectivity index (χ4v) is 3.17. The molecule has 0 amide bonds. The average molecular weight is 278 g/mol. The molecule has 1 saturated heterocycles. The van der Waals surface area contributed by atoms with Crippen LogP contribution in [0.4, 0.5) is 5.95 Å². The highest BCUT2D eigenvalue weighted by atomic mass is 16.5. The lowest BCUT2D eigenvalue weighted by Crippen LogP contribution is -2.37. The lowest BCUT2D eigenvalue weighted by molar-refractivity contribution is 0.0369. The average Bonchev–Trinajstić information content (AvgIpc) is 3.13. The fraction of sp³-hybridized carbons (Fsp3) is 0.800. The minimum absolute atomic E-state index is 0.635. The molecule has 20 heavy (non-hydrogen) atoms. The molecule has 5 nitrogen and oxygen atoms in total. The van der Waals surface area contributed by atoms with Crippen LogP contribution in [0.1, 0.15) is 32.1 Å². The van der Waals surface area contributed by atoms with E-state index in [0.717, 1.165) is 45.3 Å². The zero-order valence-electron chi connectivity index (χ0n) is 12.3. The second kappa shape index (κ2) is 7.09. The second-order valence-corrected chi connectivity index (χ2v) is 5.88. The van der Waals surface area contributed by atoms with Gasteiger partial charge in [-0.3, -0.25) is 4.90 Å². The predicted molar refractivity (Wildman–Crippen MR) is 80.0 cm³/mol. The van der Waals surface area contributed by atoms with Crippen LogP contribution in [0.5, 0.6) is 0 Å². The topological polar surface area (TPSA) is 42.3 Å². The van der Waals surface area contributed by atoms with Crippen molar-refractivity contribution in [3.8, 4) is 0 Å². The molecule has 0 spiro atoms. The number of anilines is 1. The summed E-state index contributed by atoms with van der Waals surface area (Å²) in [6, 6.07) is 0.635. The zero-order chi connectivity index (χ0) is 13.6. The lowest BCUT2D eigenvalue weighted by Gasteiger charge is -2.26. The predicted octanol–water partition coefficient (Wildman–Crippen LogP) is 1.96. The van der Waals surface area contributed by atoms with Crippen molar-refractivity contribution >= 4 is 5.95 Å². The molecule has 3 rings (SSSR count). The van der Waals surface area contributed by atoms with Gasteiger partial charge in [-0.25, -0.2) is 4.98 Å². The Hall–Kier alpha value is -1.07. The van der Waals surface area contributed by atoms with E-state index in [1.54, 1.807) is 0 Å². The van der Waals surface area contributed by atoms with Gasteiger partial charge < -0.3 is 14.6 Å². The van der Waals surface area contributed by atoms with Crippen molar-refractivity contribution < 1.29 is 4.74 Å². The van der Waals surface area contributed by atoms with Gasteiger partial charge in [0, 0.05) is 44.6 Å². The Bertz CT molecular complexity index is 394.